The van der Waals surface area contributed by atoms with Gasteiger partial charge in [0.1, 0.15) is 4.88 Å². The normalized spacial score (nSPS) is 20.1. The first kappa shape index (κ1) is 12.8. The van der Waals surface area contributed by atoms with Gasteiger partial charge in [0.05, 0.1) is 17.8 Å². The number of rotatable bonds is 5. The van der Waals surface area contributed by atoms with Gasteiger partial charge < -0.3 is 15.8 Å². The Kier molecular flexibility index (Phi) is 3.17. The van der Waals surface area contributed by atoms with Crippen molar-refractivity contribution in [3.63, 3.8) is 0 Å². The van der Waals surface area contributed by atoms with Crippen LogP contribution in [0.25, 0.3) is 0 Å². The van der Waals surface area contributed by atoms with Crippen molar-refractivity contribution < 1.29 is 9.53 Å². The van der Waals surface area contributed by atoms with Crippen molar-refractivity contribution in [3.8, 4) is 0 Å². The van der Waals surface area contributed by atoms with Crippen LogP contribution in [0.1, 0.15) is 53.8 Å². The fourth-order valence-corrected chi connectivity index (χ4v) is 3.73. The molecule has 3 N–H and O–H groups in total. The number of hydrogen-bond acceptors (Lipinski definition) is 5. The van der Waals surface area contributed by atoms with E-state index in [1.165, 1.54) is 44.1 Å². The summed E-state index contributed by atoms with van der Waals surface area (Å²) in [5, 5.41) is 4.65. The topological polar surface area (TPSA) is 64.3 Å². The number of methoxy groups -OCH3 is 1. The van der Waals surface area contributed by atoms with Gasteiger partial charge in [-0.05, 0) is 44.4 Å². The van der Waals surface area contributed by atoms with Crippen LogP contribution in [0.4, 0.5) is 10.7 Å². The summed E-state index contributed by atoms with van der Waals surface area (Å²) in [6.45, 7) is 2.21. The van der Waals surface area contributed by atoms with E-state index < -0.39 is 0 Å². The Bertz CT molecular complexity index is 504. The molecule has 5 heteroatoms. The van der Waals surface area contributed by atoms with Gasteiger partial charge in [-0.3, -0.25) is 0 Å². The number of hydrogen-bond donors (Lipinski definition) is 2. The first-order chi connectivity index (χ1) is 9.11. The Labute approximate surface area is 117 Å². The molecule has 0 aromatic carbocycles. The fourth-order valence-electron chi connectivity index (χ4n) is 2.51. The van der Waals surface area contributed by atoms with Crippen molar-refractivity contribution in [2.75, 3.05) is 18.2 Å². The second kappa shape index (κ2) is 4.71. The molecule has 2 aliphatic rings. The summed E-state index contributed by atoms with van der Waals surface area (Å²) in [5.74, 6) is 0.983. The zero-order chi connectivity index (χ0) is 13.6. The largest absolute Gasteiger partial charge is 0.465 e. The lowest BCUT2D eigenvalue weighted by molar-refractivity contribution is 0.0607. The number of anilines is 2. The number of carbonyl (C=O) groups excluding carboxylic acids is 1. The lowest BCUT2D eigenvalue weighted by atomic mass is 10.1. The predicted molar refractivity (Wildman–Crippen MR) is 77.9 cm³/mol. The molecule has 0 spiro atoms. The van der Waals surface area contributed by atoms with Crippen LogP contribution in [0.2, 0.25) is 0 Å². The zero-order valence-electron chi connectivity index (χ0n) is 11.4. The molecule has 104 valence electrons. The predicted octanol–water partition coefficient (Wildman–Crippen LogP) is 3.20. The first-order valence-electron chi connectivity index (χ1n) is 6.88. The number of nitrogens with one attached hydrogen (secondary N) is 1. The Morgan fingerprint density at radius 2 is 2.11 bits per heavy atom. The van der Waals surface area contributed by atoms with Crippen LogP contribution in [-0.4, -0.2) is 19.1 Å². The lowest BCUT2D eigenvalue weighted by Crippen LogP contribution is -2.17. The quantitative estimate of drug-likeness (QED) is 0.813. The Hall–Kier alpha value is -1.23. The van der Waals surface area contributed by atoms with Gasteiger partial charge in [-0.25, -0.2) is 4.79 Å². The maximum Gasteiger partial charge on any atom is 0.350 e. The minimum absolute atomic E-state index is 0.323. The molecule has 2 aliphatic carbocycles. The average molecular weight is 280 g/mol. The van der Waals surface area contributed by atoms with E-state index in [2.05, 4.69) is 12.2 Å². The van der Waals surface area contributed by atoms with Crippen LogP contribution < -0.4 is 11.1 Å². The number of nitrogen functional groups attached to an aromatic ring is 1. The molecule has 3 rings (SSSR count). The van der Waals surface area contributed by atoms with E-state index in [1.54, 1.807) is 0 Å². The average Bonchev–Trinajstić information content (AvgIpc) is 3.26. The first-order valence-corrected chi connectivity index (χ1v) is 7.70. The smallest absolute Gasteiger partial charge is 0.350 e. The van der Waals surface area contributed by atoms with Gasteiger partial charge in [-0.2, -0.15) is 0 Å². The molecule has 0 aliphatic heterocycles. The summed E-state index contributed by atoms with van der Waals surface area (Å²) in [6, 6.07) is 0.459. The maximum atomic E-state index is 11.8. The highest BCUT2D eigenvalue weighted by Gasteiger charge is 2.35. The van der Waals surface area contributed by atoms with Crippen molar-refractivity contribution in [2.45, 2.75) is 44.6 Å². The number of ether oxygens (including phenoxy) is 1. The molecule has 0 bridgehead atoms. The van der Waals surface area contributed by atoms with E-state index in [-0.39, 0.29) is 5.97 Å². The van der Waals surface area contributed by atoms with Crippen LogP contribution in [0, 0.1) is 5.92 Å². The summed E-state index contributed by atoms with van der Waals surface area (Å²) in [4.78, 5) is 12.3. The van der Waals surface area contributed by atoms with E-state index >= 15 is 0 Å². The molecule has 1 heterocycles. The van der Waals surface area contributed by atoms with E-state index in [1.807, 2.05) is 0 Å². The van der Waals surface area contributed by atoms with Crippen molar-refractivity contribution in [3.05, 3.63) is 10.4 Å². The zero-order valence-corrected chi connectivity index (χ0v) is 12.2. The van der Waals surface area contributed by atoms with Crippen molar-refractivity contribution in [1.29, 1.82) is 0 Å². The Balaban J connectivity index is 1.90. The molecule has 1 atom stereocenters. The third-order valence-electron chi connectivity index (χ3n) is 4.03. The number of carbonyl (C=O) groups is 1. The Morgan fingerprint density at radius 1 is 1.42 bits per heavy atom. The molecular weight excluding hydrogens is 260 g/mol. The second-order valence-electron chi connectivity index (χ2n) is 5.62. The maximum absolute atomic E-state index is 11.8. The Morgan fingerprint density at radius 3 is 2.63 bits per heavy atom. The van der Waals surface area contributed by atoms with Crippen molar-refractivity contribution >= 4 is 28.0 Å². The van der Waals surface area contributed by atoms with Crippen molar-refractivity contribution in [2.24, 2.45) is 5.92 Å². The van der Waals surface area contributed by atoms with Gasteiger partial charge in [0.2, 0.25) is 0 Å². The highest BCUT2D eigenvalue weighted by Crippen LogP contribution is 2.51. The number of nitrogens with two attached hydrogens (primary N) is 1. The van der Waals surface area contributed by atoms with Crippen LogP contribution in [0.15, 0.2) is 0 Å². The van der Waals surface area contributed by atoms with Crippen LogP contribution in [0.3, 0.4) is 0 Å². The highest BCUT2D eigenvalue weighted by molar-refractivity contribution is 7.18. The third kappa shape index (κ3) is 2.43. The summed E-state index contributed by atoms with van der Waals surface area (Å²) in [6.07, 6.45) is 4.96. The summed E-state index contributed by atoms with van der Waals surface area (Å²) >= 11 is 1.45. The van der Waals surface area contributed by atoms with Gasteiger partial charge in [0.25, 0.3) is 0 Å². The van der Waals surface area contributed by atoms with Crippen LogP contribution in [0.5, 0.6) is 0 Å². The summed E-state index contributed by atoms with van der Waals surface area (Å²) < 4.78 is 4.81. The van der Waals surface area contributed by atoms with Gasteiger partial charge in [0.15, 0.2) is 0 Å². The van der Waals surface area contributed by atoms with E-state index in [0.717, 1.165) is 16.5 Å². The number of thiophene rings is 1. The number of esters is 1. The molecule has 1 unspecified atom stereocenters. The van der Waals surface area contributed by atoms with Gasteiger partial charge >= 0.3 is 5.97 Å². The summed E-state index contributed by atoms with van der Waals surface area (Å²) in [7, 11) is 1.40. The molecule has 2 saturated carbocycles. The molecule has 0 amide bonds. The van der Waals surface area contributed by atoms with Crippen LogP contribution in [-0.2, 0) is 4.74 Å². The molecule has 2 fully saturated rings. The van der Waals surface area contributed by atoms with Crippen LogP contribution >= 0.6 is 11.3 Å². The van der Waals surface area contributed by atoms with Gasteiger partial charge in [-0.15, -0.1) is 11.3 Å². The van der Waals surface area contributed by atoms with E-state index in [0.29, 0.717) is 22.5 Å². The molecule has 1 aromatic heterocycles. The third-order valence-corrected chi connectivity index (χ3v) is 5.16. The molecule has 19 heavy (non-hydrogen) atoms. The monoisotopic (exact) mass is 280 g/mol. The minimum atomic E-state index is -0.323. The van der Waals surface area contributed by atoms with E-state index in [9.17, 15) is 4.79 Å². The SMILES string of the molecule is COC(=O)c1sc(NC(C)C2CC2)c(C2CC2)c1N. The molecule has 1 aromatic rings. The minimum Gasteiger partial charge on any atom is -0.465 e. The van der Waals surface area contributed by atoms with Crippen molar-refractivity contribution in [1.82, 2.24) is 0 Å². The molecule has 0 radical (unpaired) electrons. The molecule has 4 nitrogen and oxygen atoms in total. The van der Waals surface area contributed by atoms with Gasteiger partial charge in [-0.1, -0.05) is 0 Å². The summed E-state index contributed by atoms with van der Waals surface area (Å²) in [5.41, 5.74) is 7.94. The second-order valence-corrected chi connectivity index (χ2v) is 6.64. The van der Waals surface area contributed by atoms with Gasteiger partial charge in [0, 0.05) is 11.6 Å². The fraction of sp³-hybridized carbons (Fsp3) is 0.643. The lowest BCUT2D eigenvalue weighted by Gasteiger charge is -2.14. The molecule has 0 saturated heterocycles. The highest BCUT2D eigenvalue weighted by atomic mass is 32.1. The standard InChI is InChI=1S/C14H20N2O2S/c1-7(8-3-4-8)16-13-10(9-5-6-9)11(15)12(19-13)14(17)18-2/h7-9,16H,3-6,15H2,1-2H3. The van der Waals surface area contributed by atoms with E-state index in [4.69, 9.17) is 10.5 Å². The molecular formula is C14H20N2O2S.